The predicted octanol–water partition coefficient (Wildman–Crippen LogP) is 14.2. The molecule has 2 aliphatic heterocycles. The number of carbonyl (C=O) groups is 1. The Kier molecular flexibility index (Phi) is 51.4. The third-order valence-corrected chi connectivity index (χ3v) is 17.7. The van der Waals surface area contributed by atoms with Crippen molar-refractivity contribution in [2.75, 3.05) is 19.8 Å². The summed E-state index contributed by atoms with van der Waals surface area (Å²) in [6.45, 7) is 2.86. The summed E-state index contributed by atoms with van der Waals surface area (Å²) < 4.78 is 22.9. The van der Waals surface area contributed by atoms with E-state index in [-0.39, 0.29) is 18.9 Å². The molecular weight excluding hydrogens is 1050 g/mol. The molecule has 0 aromatic rings. The summed E-state index contributed by atoms with van der Waals surface area (Å²) in [5, 5.41) is 87.4. The molecule has 0 radical (unpaired) electrons. The van der Waals surface area contributed by atoms with Crippen molar-refractivity contribution in [1.82, 2.24) is 5.32 Å². The van der Waals surface area contributed by atoms with E-state index < -0.39 is 86.8 Å². The van der Waals surface area contributed by atoms with Gasteiger partial charge in [0.05, 0.1) is 32.0 Å². The van der Waals surface area contributed by atoms with E-state index in [1.54, 1.807) is 6.08 Å². The third-order valence-electron chi connectivity index (χ3n) is 17.7. The number of hydrogen-bond acceptors (Lipinski definition) is 13. The van der Waals surface area contributed by atoms with Gasteiger partial charge in [-0.25, -0.2) is 0 Å². The Balaban J connectivity index is 1.68. The van der Waals surface area contributed by atoms with Crippen molar-refractivity contribution in [3.8, 4) is 0 Å². The van der Waals surface area contributed by atoms with Gasteiger partial charge in [-0.2, -0.15) is 0 Å². The molecule has 0 aromatic heterocycles. The number of ether oxygens (including phenoxy) is 4. The Labute approximate surface area is 507 Å². The number of aliphatic hydroxyl groups is 8. The molecule has 1 amide bonds. The predicted molar refractivity (Wildman–Crippen MR) is 337 cm³/mol. The minimum absolute atomic E-state index is 0.230. The summed E-state index contributed by atoms with van der Waals surface area (Å²) in [4.78, 5) is 13.3. The largest absolute Gasteiger partial charge is 0.394 e. The molecule has 83 heavy (non-hydrogen) atoms. The van der Waals surface area contributed by atoms with Crippen LogP contribution in [0, 0.1) is 0 Å². The molecule has 0 aromatic carbocycles. The monoisotopic (exact) mass is 1180 g/mol. The average molecular weight is 1180 g/mol. The van der Waals surface area contributed by atoms with E-state index in [1.165, 1.54) is 263 Å². The van der Waals surface area contributed by atoms with Crippen molar-refractivity contribution in [1.29, 1.82) is 0 Å². The first-order valence-corrected chi connectivity index (χ1v) is 35.4. The van der Waals surface area contributed by atoms with E-state index in [4.69, 9.17) is 18.9 Å². The van der Waals surface area contributed by atoms with Crippen LogP contribution in [-0.2, 0) is 23.7 Å². The van der Waals surface area contributed by atoms with Crippen LogP contribution in [0.4, 0.5) is 0 Å². The van der Waals surface area contributed by atoms with Crippen LogP contribution in [-0.4, -0.2) is 140 Å². The van der Waals surface area contributed by atoms with Gasteiger partial charge in [-0.1, -0.05) is 315 Å². The van der Waals surface area contributed by atoms with Crippen LogP contribution >= 0.6 is 0 Å². The zero-order valence-corrected chi connectivity index (χ0v) is 53.5. The molecule has 492 valence electrons. The number of hydrogen-bond donors (Lipinski definition) is 9. The second-order valence-electron chi connectivity index (χ2n) is 25.4. The van der Waals surface area contributed by atoms with Crippen molar-refractivity contribution in [3.63, 3.8) is 0 Å². The Bertz CT molecular complexity index is 1440. The fourth-order valence-electron chi connectivity index (χ4n) is 12.1. The fourth-order valence-corrected chi connectivity index (χ4v) is 12.1. The molecule has 0 bridgehead atoms. The molecule has 0 spiro atoms. The van der Waals surface area contributed by atoms with Crippen molar-refractivity contribution < 1.29 is 64.6 Å². The highest BCUT2D eigenvalue weighted by molar-refractivity contribution is 5.76. The Morgan fingerprint density at radius 1 is 0.422 bits per heavy atom. The lowest BCUT2D eigenvalue weighted by Gasteiger charge is -2.46. The maximum atomic E-state index is 13.3. The summed E-state index contributed by atoms with van der Waals surface area (Å²) in [5.74, 6) is -0.230. The van der Waals surface area contributed by atoms with Gasteiger partial charge in [-0.15, -0.1) is 0 Å². The summed E-state index contributed by atoms with van der Waals surface area (Å²) >= 11 is 0. The Hall–Kier alpha value is -1.27. The first-order chi connectivity index (χ1) is 40.6. The third kappa shape index (κ3) is 39.4. The van der Waals surface area contributed by atoms with Crippen molar-refractivity contribution in [2.45, 2.75) is 402 Å². The number of allylic oxidation sites excluding steroid dienone is 1. The number of rotatable bonds is 59. The maximum absolute atomic E-state index is 13.3. The molecule has 2 saturated heterocycles. The van der Waals surface area contributed by atoms with Gasteiger partial charge in [0.2, 0.25) is 5.91 Å². The smallest absolute Gasteiger partial charge is 0.220 e. The quantitative estimate of drug-likeness (QED) is 0.0204. The van der Waals surface area contributed by atoms with E-state index in [0.29, 0.717) is 0 Å². The van der Waals surface area contributed by atoms with E-state index in [1.807, 2.05) is 6.08 Å². The molecule has 0 aliphatic carbocycles. The molecule has 9 N–H and O–H groups in total. The molecule has 12 atom stereocenters. The topological polar surface area (TPSA) is 228 Å². The second kappa shape index (κ2) is 54.8. The maximum Gasteiger partial charge on any atom is 0.220 e. The Morgan fingerprint density at radius 3 is 1.11 bits per heavy atom. The highest BCUT2D eigenvalue weighted by atomic mass is 16.7. The highest BCUT2D eigenvalue weighted by Crippen LogP contribution is 2.30. The molecule has 2 rings (SSSR count). The van der Waals surface area contributed by atoms with Crippen molar-refractivity contribution in [2.24, 2.45) is 0 Å². The summed E-state index contributed by atoms with van der Waals surface area (Å²) in [6.07, 6.45) is 49.8. The van der Waals surface area contributed by atoms with Crippen LogP contribution in [0.1, 0.15) is 328 Å². The molecule has 2 heterocycles. The molecule has 2 aliphatic rings. The van der Waals surface area contributed by atoms with E-state index in [9.17, 15) is 45.6 Å². The molecule has 2 fully saturated rings. The molecular formula is C69H133NO13. The van der Waals surface area contributed by atoms with Gasteiger partial charge in [0.1, 0.15) is 48.8 Å². The zero-order chi connectivity index (χ0) is 60.2. The van der Waals surface area contributed by atoms with Crippen molar-refractivity contribution in [3.05, 3.63) is 12.2 Å². The Morgan fingerprint density at radius 2 is 0.747 bits per heavy atom. The highest BCUT2D eigenvalue weighted by Gasteiger charge is 2.51. The van der Waals surface area contributed by atoms with E-state index >= 15 is 0 Å². The number of aliphatic hydroxyl groups excluding tert-OH is 8. The van der Waals surface area contributed by atoms with Crippen LogP contribution in [0.2, 0.25) is 0 Å². The summed E-state index contributed by atoms with van der Waals surface area (Å²) in [7, 11) is 0. The van der Waals surface area contributed by atoms with Crippen LogP contribution in [0.15, 0.2) is 12.2 Å². The average Bonchev–Trinajstić information content (AvgIpc) is 3.65. The van der Waals surface area contributed by atoms with Crippen LogP contribution in [0.5, 0.6) is 0 Å². The van der Waals surface area contributed by atoms with Gasteiger partial charge in [-0.3, -0.25) is 4.79 Å². The van der Waals surface area contributed by atoms with E-state index in [2.05, 4.69) is 19.2 Å². The van der Waals surface area contributed by atoms with E-state index in [0.717, 1.165) is 44.9 Å². The summed E-state index contributed by atoms with van der Waals surface area (Å²) in [6, 6.07) is -0.911. The minimum Gasteiger partial charge on any atom is -0.394 e. The minimum atomic E-state index is -1.79. The lowest BCUT2D eigenvalue weighted by molar-refractivity contribution is -0.359. The van der Waals surface area contributed by atoms with Gasteiger partial charge in [-0.05, 0) is 19.3 Å². The molecule has 0 saturated carbocycles. The lowest BCUT2D eigenvalue weighted by Crippen LogP contribution is -2.65. The van der Waals surface area contributed by atoms with Gasteiger partial charge in [0.15, 0.2) is 12.6 Å². The molecule has 14 heteroatoms. The zero-order valence-electron chi connectivity index (χ0n) is 53.5. The number of amides is 1. The first-order valence-electron chi connectivity index (χ1n) is 35.4. The van der Waals surface area contributed by atoms with Gasteiger partial charge < -0.3 is 65.1 Å². The number of unbranched alkanes of at least 4 members (excludes halogenated alkanes) is 46. The summed E-state index contributed by atoms with van der Waals surface area (Å²) in [5.41, 5.74) is 0. The van der Waals surface area contributed by atoms with Crippen LogP contribution in [0.25, 0.3) is 0 Å². The van der Waals surface area contributed by atoms with Gasteiger partial charge in [0, 0.05) is 6.42 Å². The number of nitrogens with one attached hydrogen (secondary N) is 1. The van der Waals surface area contributed by atoms with Gasteiger partial charge in [0.25, 0.3) is 0 Å². The van der Waals surface area contributed by atoms with Crippen LogP contribution in [0.3, 0.4) is 0 Å². The molecule has 14 nitrogen and oxygen atoms in total. The normalized spacial score (nSPS) is 23.8. The van der Waals surface area contributed by atoms with Crippen LogP contribution < -0.4 is 5.32 Å². The lowest BCUT2D eigenvalue weighted by atomic mass is 9.97. The van der Waals surface area contributed by atoms with Gasteiger partial charge >= 0.3 is 0 Å². The fraction of sp³-hybridized carbons (Fsp3) is 0.957. The second-order valence-corrected chi connectivity index (χ2v) is 25.4. The number of carbonyl (C=O) groups excluding carboxylic acids is 1. The standard InChI is InChI=1S/C69H133NO13/c1-3-5-7-9-11-13-15-17-19-21-23-25-27-28-29-31-33-35-37-39-41-43-45-47-49-51-53-61(74)70-57(56-80-68-66(79)64(77)67(60(55-72)82-68)83-69-65(78)63(76)62(75)59(54-71)81-69)58(73)52-50-48-46-44-42-40-38-36-34-32-30-26-24-22-20-18-16-14-12-10-8-6-4-2/h50,52,57-60,62-69,71-73,75-79H,3-49,51,53-56H2,1-2H3,(H,70,74)/b52-50+. The van der Waals surface area contributed by atoms with Crippen molar-refractivity contribution >= 4 is 5.91 Å². The SMILES string of the molecule is CCCCCCCCCCCCCCCCCCCCCCC/C=C/C(O)C(COC1OC(CO)C(OC2OC(CO)C(O)C(O)C2O)C(O)C1O)NC(=O)CCCCCCCCCCCCCCCCCCCCCCCCCCCC. The molecule has 12 unspecified atom stereocenters. The first kappa shape index (κ1) is 77.8.